The Hall–Kier alpha value is -2.44. The Balaban J connectivity index is 2.86. The van der Waals surface area contributed by atoms with Gasteiger partial charge in [0.1, 0.15) is 11.4 Å². The average molecular weight is 265 g/mol. The van der Waals surface area contributed by atoms with Crippen LogP contribution in [0.25, 0.3) is 0 Å². The number of hydrogen-bond acceptors (Lipinski definition) is 4. The number of nitrogens with one attached hydrogen (secondary N) is 1. The number of hydrogen-bond donors (Lipinski definition) is 3. The van der Waals surface area contributed by atoms with Crippen LogP contribution in [-0.2, 0) is 4.79 Å². The van der Waals surface area contributed by atoms with Gasteiger partial charge in [-0.15, -0.1) is 0 Å². The van der Waals surface area contributed by atoms with E-state index in [-0.39, 0.29) is 17.8 Å². The zero-order valence-electron chi connectivity index (χ0n) is 10.6. The number of nitrogens with zero attached hydrogens (tertiary/aromatic N) is 1. The van der Waals surface area contributed by atoms with Gasteiger partial charge in [-0.2, -0.15) is 0 Å². The Labute approximate surface area is 109 Å². The van der Waals surface area contributed by atoms with Gasteiger partial charge in [-0.1, -0.05) is 6.07 Å². The molecule has 7 heteroatoms. The Bertz CT molecular complexity index is 525. The van der Waals surface area contributed by atoms with E-state index in [4.69, 9.17) is 10.8 Å². The van der Waals surface area contributed by atoms with Crippen molar-refractivity contribution in [3.8, 4) is 0 Å². The monoisotopic (exact) mass is 265 g/mol. The summed E-state index contributed by atoms with van der Waals surface area (Å²) in [5.41, 5.74) is 3.99. The maximum atomic E-state index is 11.9. The second kappa shape index (κ2) is 5.47. The second-order valence-electron chi connectivity index (χ2n) is 4.69. The summed E-state index contributed by atoms with van der Waals surface area (Å²) in [4.78, 5) is 37.2. The summed E-state index contributed by atoms with van der Waals surface area (Å²) in [6.45, 7) is 3.27. The Morgan fingerprint density at radius 2 is 1.89 bits per heavy atom. The number of carbonyl (C=O) groups excluding carboxylic acids is 2. The second-order valence-corrected chi connectivity index (χ2v) is 4.69. The number of carbonyl (C=O) groups is 3. The number of pyridine rings is 1. The van der Waals surface area contributed by atoms with Gasteiger partial charge in [-0.3, -0.25) is 9.59 Å². The molecule has 0 aromatic carbocycles. The van der Waals surface area contributed by atoms with Crippen molar-refractivity contribution in [3.05, 3.63) is 29.6 Å². The number of aromatic nitrogens is 1. The van der Waals surface area contributed by atoms with Gasteiger partial charge in [0.05, 0.1) is 0 Å². The molecule has 0 bridgehead atoms. The van der Waals surface area contributed by atoms with Gasteiger partial charge in [-0.25, -0.2) is 9.78 Å². The van der Waals surface area contributed by atoms with E-state index < -0.39 is 23.3 Å². The molecule has 0 saturated carbocycles. The summed E-state index contributed by atoms with van der Waals surface area (Å²) in [5.74, 6) is -2.32. The quantitative estimate of drug-likeness (QED) is 0.700. The third-order valence-electron chi connectivity index (χ3n) is 2.27. The van der Waals surface area contributed by atoms with E-state index in [1.807, 2.05) is 0 Å². The van der Waals surface area contributed by atoms with Crippen LogP contribution in [0.5, 0.6) is 0 Å². The smallest absolute Gasteiger partial charge is 0.354 e. The molecule has 1 heterocycles. The van der Waals surface area contributed by atoms with Crippen molar-refractivity contribution in [2.45, 2.75) is 25.8 Å². The highest BCUT2D eigenvalue weighted by Gasteiger charge is 2.24. The molecular formula is C12H15N3O4. The average Bonchev–Trinajstić information content (AvgIpc) is 2.26. The molecule has 0 atom stereocenters. The lowest BCUT2D eigenvalue weighted by atomic mass is 10.00. The minimum Gasteiger partial charge on any atom is -0.477 e. The number of primary amides is 1. The molecule has 7 nitrogen and oxygen atoms in total. The number of amides is 2. The molecule has 0 radical (unpaired) electrons. The lowest BCUT2D eigenvalue weighted by molar-refractivity contribution is -0.119. The SMILES string of the molecule is CC(C)(CC(N)=O)NC(=O)c1cccc(C(=O)O)n1. The van der Waals surface area contributed by atoms with Crippen molar-refractivity contribution in [2.24, 2.45) is 5.73 Å². The molecule has 1 aromatic rings. The standard InChI is InChI=1S/C12H15N3O4/c1-12(2,6-9(13)16)15-10(17)7-4-3-5-8(14-7)11(18)19/h3-5H,6H2,1-2H3,(H2,13,16)(H,15,17)(H,18,19). The molecular weight excluding hydrogens is 250 g/mol. The molecule has 0 aliphatic rings. The maximum absolute atomic E-state index is 11.9. The Kier molecular flexibility index (Phi) is 4.21. The molecule has 1 aromatic heterocycles. The third-order valence-corrected chi connectivity index (χ3v) is 2.27. The van der Waals surface area contributed by atoms with Gasteiger partial charge >= 0.3 is 5.97 Å². The predicted molar refractivity (Wildman–Crippen MR) is 66.6 cm³/mol. The number of rotatable bonds is 5. The summed E-state index contributed by atoms with van der Waals surface area (Å²) < 4.78 is 0. The van der Waals surface area contributed by atoms with Crippen molar-refractivity contribution in [1.29, 1.82) is 0 Å². The van der Waals surface area contributed by atoms with Crippen LogP contribution in [-0.4, -0.2) is 33.4 Å². The first-order valence-electron chi connectivity index (χ1n) is 5.52. The first kappa shape index (κ1) is 14.6. The highest BCUT2D eigenvalue weighted by atomic mass is 16.4. The van der Waals surface area contributed by atoms with Crippen LogP contribution >= 0.6 is 0 Å². The first-order valence-corrected chi connectivity index (χ1v) is 5.52. The topological polar surface area (TPSA) is 122 Å². The number of nitrogens with two attached hydrogens (primary N) is 1. The fourth-order valence-corrected chi connectivity index (χ4v) is 1.53. The lowest BCUT2D eigenvalue weighted by Crippen LogP contribution is -2.46. The molecule has 2 amide bonds. The minimum atomic E-state index is -1.22. The summed E-state index contributed by atoms with van der Waals surface area (Å²) in [5, 5.41) is 11.4. The molecule has 0 spiro atoms. The molecule has 4 N–H and O–H groups in total. The maximum Gasteiger partial charge on any atom is 0.354 e. The Morgan fingerprint density at radius 1 is 1.32 bits per heavy atom. The van der Waals surface area contributed by atoms with Crippen LogP contribution in [0, 0.1) is 0 Å². The number of carboxylic acids is 1. The molecule has 19 heavy (non-hydrogen) atoms. The minimum absolute atomic E-state index is 0.0301. The van der Waals surface area contributed by atoms with Crippen LogP contribution < -0.4 is 11.1 Å². The van der Waals surface area contributed by atoms with Crippen molar-refractivity contribution >= 4 is 17.8 Å². The summed E-state index contributed by atoms with van der Waals surface area (Å²) in [6.07, 6.45) is -0.0304. The lowest BCUT2D eigenvalue weighted by Gasteiger charge is -2.24. The van der Waals surface area contributed by atoms with Gasteiger partial charge in [0, 0.05) is 12.0 Å². The number of carboxylic acid groups (broad SMARTS) is 1. The number of aromatic carboxylic acids is 1. The van der Waals surface area contributed by atoms with E-state index in [0.717, 1.165) is 0 Å². The van der Waals surface area contributed by atoms with Gasteiger partial charge in [0.2, 0.25) is 5.91 Å². The van der Waals surface area contributed by atoms with Gasteiger partial charge in [0.15, 0.2) is 0 Å². The van der Waals surface area contributed by atoms with Crippen LogP contribution in [0.4, 0.5) is 0 Å². The fraction of sp³-hybridized carbons (Fsp3) is 0.333. The fourth-order valence-electron chi connectivity index (χ4n) is 1.53. The van der Waals surface area contributed by atoms with Crippen LogP contribution in [0.2, 0.25) is 0 Å². The van der Waals surface area contributed by atoms with E-state index in [0.29, 0.717) is 0 Å². The summed E-state index contributed by atoms with van der Waals surface area (Å²) >= 11 is 0. The van der Waals surface area contributed by atoms with E-state index in [9.17, 15) is 14.4 Å². The van der Waals surface area contributed by atoms with E-state index >= 15 is 0 Å². The molecule has 1 rings (SSSR count). The van der Waals surface area contributed by atoms with Crippen molar-refractivity contribution < 1.29 is 19.5 Å². The van der Waals surface area contributed by atoms with E-state index in [1.165, 1.54) is 18.2 Å². The normalized spacial score (nSPS) is 10.8. The molecule has 102 valence electrons. The first-order chi connectivity index (χ1) is 8.71. The molecule has 0 fully saturated rings. The molecule has 0 saturated heterocycles. The third kappa shape index (κ3) is 4.38. The van der Waals surface area contributed by atoms with Gasteiger partial charge in [-0.05, 0) is 26.0 Å². The highest BCUT2D eigenvalue weighted by Crippen LogP contribution is 2.09. The van der Waals surface area contributed by atoms with Crippen LogP contribution in [0.1, 0.15) is 41.2 Å². The predicted octanol–water partition coefficient (Wildman–Crippen LogP) is 0.164. The summed E-state index contributed by atoms with van der Waals surface area (Å²) in [6, 6.07) is 4.10. The summed E-state index contributed by atoms with van der Waals surface area (Å²) in [7, 11) is 0. The molecule has 0 unspecified atom stereocenters. The highest BCUT2D eigenvalue weighted by molar-refractivity contribution is 5.94. The van der Waals surface area contributed by atoms with Crippen molar-refractivity contribution in [2.75, 3.05) is 0 Å². The van der Waals surface area contributed by atoms with Gasteiger partial charge < -0.3 is 16.2 Å². The molecule has 0 aliphatic heterocycles. The van der Waals surface area contributed by atoms with Crippen LogP contribution in [0.15, 0.2) is 18.2 Å². The van der Waals surface area contributed by atoms with E-state index in [1.54, 1.807) is 13.8 Å². The zero-order chi connectivity index (χ0) is 14.6. The largest absolute Gasteiger partial charge is 0.477 e. The van der Waals surface area contributed by atoms with Crippen molar-refractivity contribution in [3.63, 3.8) is 0 Å². The van der Waals surface area contributed by atoms with Crippen molar-refractivity contribution in [1.82, 2.24) is 10.3 Å². The zero-order valence-corrected chi connectivity index (χ0v) is 10.6. The van der Waals surface area contributed by atoms with Crippen LogP contribution in [0.3, 0.4) is 0 Å². The Morgan fingerprint density at radius 3 is 2.42 bits per heavy atom. The molecule has 0 aliphatic carbocycles. The van der Waals surface area contributed by atoms with E-state index in [2.05, 4.69) is 10.3 Å². The van der Waals surface area contributed by atoms with Gasteiger partial charge in [0.25, 0.3) is 5.91 Å².